The molecule has 0 saturated carbocycles. The minimum atomic E-state index is -0.884. The van der Waals surface area contributed by atoms with Gasteiger partial charge in [-0.05, 0) is 24.6 Å². The van der Waals surface area contributed by atoms with Crippen molar-refractivity contribution < 1.29 is 14.6 Å². The summed E-state index contributed by atoms with van der Waals surface area (Å²) >= 11 is 1.29. The summed E-state index contributed by atoms with van der Waals surface area (Å²) in [6.07, 6.45) is 1.68. The molecule has 0 aliphatic carbocycles. The standard InChI is InChI=1S/C13H14N2O3S/c1-8-9(5-11(19-8)13(16)17)6-14-10-3-4-12(18-2)15-7-10/h3-5,7,14H,6H2,1-2H3,(H,16,17). The molecular formula is C13H14N2O3S. The number of carboxylic acids is 1. The van der Waals surface area contributed by atoms with Crippen molar-refractivity contribution in [3.05, 3.63) is 39.7 Å². The van der Waals surface area contributed by atoms with Gasteiger partial charge in [-0.1, -0.05) is 0 Å². The average molecular weight is 278 g/mol. The van der Waals surface area contributed by atoms with E-state index >= 15 is 0 Å². The minimum Gasteiger partial charge on any atom is -0.481 e. The van der Waals surface area contributed by atoms with Gasteiger partial charge in [0.15, 0.2) is 0 Å². The van der Waals surface area contributed by atoms with Crippen molar-refractivity contribution in [3.8, 4) is 5.88 Å². The van der Waals surface area contributed by atoms with Gasteiger partial charge in [0.2, 0.25) is 5.88 Å². The van der Waals surface area contributed by atoms with Crippen LogP contribution in [0.2, 0.25) is 0 Å². The molecule has 2 rings (SSSR count). The molecule has 100 valence electrons. The van der Waals surface area contributed by atoms with E-state index in [9.17, 15) is 4.79 Å². The van der Waals surface area contributed by atoms with Crippen LogP contribution in [0, 0.1) is 6.92 Å². The van der Waals surface area contributed by atoms with Crippen LogP contribution in [0.25, 0.3) is 0 Å². The SMILES string of the molecule is COc1ccc(NCc2cc(C(=O)O)sc2C)cn1. The molecule has 0 aliphatic rings. The molecular weight excluding hydrogens is 264 g/mol. The molecule has 0 bridgehead atoms. The maximum atomic E-state index is 10.9. The molecule has 2 aromatic rings. The van der Waals surface area contributed by atoms with Crippen LogP contribution in [0.1, 0.15) is 20.1 Å². The number of ether oxygens (including phenoxy) is 1. The van der Waals surface area contributed by atoms with Crippen molar-refractivity contribution in [2.24, 2.45) is 0 Å². The molecule has 6 heteroatoms. The lowest BCUT2D eigenvalue weighted by molar-refractivity contribution is 0.0702. The molecule has 2 N–H and O–H groups in total. The number of anilines is 1. The Morgan fingerprint density at radius 1 is 1.53 bits per heavy atom. The first-order chi connectivity index (χ1) is 9.10. The number of aryl methyl sites for hydroxylation is 1. The highest BCUT2D eigenvalue weighted by Gasteiger charge is 2.10. The number of carboxylic acid groups (broad SMARTS) is 1. The van der Waals surface area contributed by atoms with Gasteiger partial charge in [-0.2, -0.15) is 0 Å². The molecule has 0 unspecified atom stereocenters. The molecule has 5 nitrogen and oxygen atoms in total. The number of aromatic nitrogens is 1. The van der Waals surface area contributed by atoms with Gasteiger partial charge < -0.3 is 15.2 Å². The highest BCUT2D eigenvalue weighted by Crippen LogP contribution is 2.22. The Hall–Kier alpha value is -2.08. The predicted octanol–water partition coefficient (Wildman–Crippen LogP) is 2.77. The van der Waals surface area contributed by atoms with Crippen LogP contribution in [-0.4, -0.2) is 23.2 Å². The van der Waals surface area contributed by atoms with E-state index in [2.05, 4.69) is 10.3 Å². The zero-order valence-electron chi connectivity index (χ0n) is 10.6. The Morgan fingerprint density at radius 3 is 2.84 bits per heavy atom. The van der Waals surface area contributed by atoms with E-state index in [1.54, 1.807) is 25.4 Å². The third-order valence-electron chi connectivity index (χ3n) is 2.66. The number of pyridine rings is 1. The maximum Gasteiger partial charge on any atom is 0.345 e. The summed E-state index contributed by atoms with van der Waals surface area (Å²) in [4.78, 5) is 16.3. The Morgan fingerprint density at radius 2 is 2.32 bits per heavy atom. The largest absolute Gasteiger partial charge is 0.481 e. The number of methoxy groups -OCH3 is 1. The molecule has 2 aromatic heterocycles. The molecule has 0 saturated heterocycles. The van der Waals surface area contributed by atoms with Crippen LogP contribution in [0.4, 0.5) is 5.69 Å². The summed E-state index contributed by atoms with van der Waals surface area (Å²) in [5.41, 5.74) is 1.85. The molecule has 19 heavy (non-hydrogen) atoms. The number of nitrogens with one attached hydrogen (secondary N) is 1. The van der Waals surface area contributed by atoms with Crippen LogP contribution in [0.5, 0.6) is 5.88 Å². The lowest BCUT2D eigenvalue weighted by atomic mass is 10.2. The average Bonchev–Trinajstić information content (AvgIpc) is 2.79. The van der Waals surface area contributed by atoms with E-state index in [1.807, 2.05) is 13.0 Å². The number of thiophene rings is 1. The second kappa shape index (κ2) is 5.71. The van der Waals surface area contributed by atoms with Gasteiger partial charge in [0.05, 0.1) is 19.0 Å². The third-order valence-corrected chi connectivity index (χ3v) is 3.74. The molecule has 0 spiro atoms. The van der Waals surface area contributed by atoms with Gasteiger partial charge in [-0.25, -0.2) is 9.78 Å². The summed E-state index contributed by atoms with van der Waals surface area (Å²) in [5, 5.41) is 12.1. The molecule has 0 radical (unpaired) electrons. The summed E-state index contributed by atoms with van der Waals surface area (Å²) in [6.45, 7) is 2.49. The van der Waals surface area contributed by atoms with Gasteiger partial charge in [-0.3, -0.25) is 0 Å². The fraction of sp³-hybridized carbons (Fsp3) is 0.231. The molecule has 2 heterocycles. The van der Waals surface area contributed by atoms with Crippen LogP contribution >= 0.6 is 11.3 Å². The summed E-state index contributed by atoms with van der Waals surface area (Å²) in [7, 11) is 1.57. The first kappa shape index (κ1) is 13.4. The van der Waals surface area contributed by atoms with E-state index in [0.717, 1.165) is 16.1 Å². The van der Waals surface area contributed by atoms with Crippen LogP contribution in [0.3, 0.4) is 0 Å². The Kier molecular flexibility index (Phi) is 4.01. The first-order valence-corrected chi connectivity index (χ1v) is 6.48. The fourth-order valence-electron chi connectivity index (χ4n) is 1.60. The normalized spacial score (nSPS) is 10.2. The van der Waals surface area contributed by atoms with Crippen LogP contribution in [-0.2, 0) is 6.54 Å². The van der Waals surface area contributed by atoms with Gasteiger partial charge in [0, 0.05) is 17.5 Å². The number of carbonyl (C=O) groups is 1. The second-order valence-corrected chi connectivity index (χ2v) is 5.20. The Balaban J connectivity index is 2.03. The molecule has 0 fully saturated rings. The van der Waals surface area contributed by atoms with Gasteiger partial charge in [0.1, 0.15) is 4.88 Å². The number of hydrogen-bond donors (Lipinski definition) is 2. The zero-order valence-corrected chi connectivity index (χ0v) is 11.5. The third kappa shape index (κ3) is 3.23. The topological polar surface area (TPSA) is 71.5 Å². The number of hydrogen-bond acceptors (Lipinski definition) is 5. The van der Waals surface area contributed by atoms with Gasteiger partial charge >= 0.3 is 5.97 Å². The molecule has 0 amide bonds. The Labute approximate surface area is 114 Å². The van der Waals surface area contributed by atoms with Crippen LogP contribution < -0.4 is 10.1 Å². The van der Waals surface area contributed by atoms with Gasteiger partial charge in [0.25, 0.3) is 0 Å². The van der Waals surface area contributed by atoms with Crippen molar-refractivity contribution in [1.82, 2.24) is 4.98 Å². The van der Waals surface area contributed by atoms with E-state index in [1.165, 1.54) is 11.3 Å². The van der Waals surface area contributed by atoms with Crippen molar-refractivity contribution >= 4 is 23.0 Å². The zero-order chi connectivity index (χ0) is 13.8. The van der Waals surface area contributed by atoms with E-state index < -0.39 is 5.97 Å². The van der Waals surface area contributed by atoms with E-state index in [4.69, 9.17) is 9.84 Å². The molecule has 0 atom stereocenters. The highest BCUT2D eigenvalue weighted by molar-refractivity contribution is 7.14. The second-order valence-electron chi connectivity index (χ2n) is 3.94. The smallest absolute Gasteiger partial charge is 0.345 e. The van der Waals surface area contributed by atoms with Crippen LogP contribution in [0.15, 0.2) is 24.4 Å². The molecule has 0 aliphatic heterocycles. The fourth-order valence-corrected chi connectivity index (χ4v) is 2.48. The lowest BCUT2D eigenvalue weighted by Crippen LogP contribution is -2.00. The van der Waals surface area contributed by atoms with E-state index in [0.29, 0.717) is 17.3 Å². The number of rotatable bonds is 5. The molecule has 0 aromatic carbocycles. The summed E-state index contributed by atoms with van der Waals surface area (Å²) in [5.74, 6) is -0.323. The van der Waals surface area contributed by atoms with Crippen molar-refractivity contribution in [1.29, 1.82) is 0 Å². The van der Waals surface area contributed by atoms with Gasteiger partial charge in [-0.15, -0.1) is 11.3 Å². The highest BCUT2D eigenvalue weighted by atomic mass is 32.1. The number of nitrogens with zero attached hydrogens (tertiary/aromatic N) is 1. The van der Waals surface area contributed by atoms with E-state index in [-0.39, 0.29) is 0 Å². The van der Waals surface area contributed by atoms with Crippen molar-refractivity contribution in [2.45, 2.75) is 13.5 Å². The summed E-state index contributed by atoms with van der Waals surface area (Å²) in [6, 6.07) is 5.34. The monoisotopic (exact) mass is 278 g/mol. The van der Waals surface area contributed by atoms with Crippen molar-refractivity contribution in [3.63, 3.8) is 0 Å². The lowest BCUT2D eigenvalue weighted by Gasteiger charge is -2.06. The quantitative estimate of drug-likeness (QED) is 0.880. The van der Waals surface area contributed by atoms with Crippen molar-refractivity contribution in [2.75, 3.05) is 12.4 Å². The first-order valence-electron chi connectivity index (χ1n) is 5.66. The number of aromatic carboxylic acids is 1. The predicted molar refractivity (Wildman–Crippen MR) is 74.1 cm³/mol. The minimum absolute atomic E-state index is 0.363. The Bertz CT molecular complexity index is 578. The summed E-state index contributed by atoms with van der Waals surface area (Å²) < 4.78 is 4.98. The maximum absolute atomic E-state index is 10.9.